The van der Waals surface area contributed by atoms with E-state index in [-0.39, 0.29) is 12.5 Å². The molecule has 1 saturated heterocycles. The predicted octanol–water partition coefficient (Wildman–Crippen LogP) is 1.56. The molecule has 25 heavy (non-hydrogen) atoms. The minimum absolute atomic E-state index is 0.00304. The predicted molar refractivity (Wildman–Crippen MR) is 99.0 cm³/mol. The van der Waals surface area contributed by atoms with Gasteiger partial charge in [-0.3, -0.25) is 4.79 Å². The van der Waals surface area contributed by atoms with Crippen molar-refractivity contribution in [2.45, 2.75) is 26.3 Å². The first-order chi connectivity index (χ1) is 12.2. The molecule has 0 aliphatic carbocycles. The Labute approximate surface area is 157 Å². The van der Waals surface area contributed by atoms with Crippen molar-refractivity contribution >= 4 is 21.8 Å². The van der Waals surface area contributed by atoms with Gasteiger partial charge in [-0.05, 0) is 34.5 Å². The lowest BCUT2D eigenvalue weighted by Crippen LogP contribution is -2.82. The number of carbonyl (C=O) groups is 1. The van der Waals surface area contributed by atoms with Crippen molar-refractivity contribution in [2.24, 2.45) is 0 Å². The van der Waals surface area contributed by atoms with Crippen molar-refractivity contribution in [1.82, 2.24) is 4.90 Å². The lowest BCUT2D eigenvalue weighted by atomic mass is 10.2. The number of halogens is 1. The maximum atomic E-state index is 12.2. The molecule has 1 amide bonds. The van der Waals surface area contributed by atoms with Crippen molar-refractivity contribution in [3.05, 3.63) is 22.2 Å². The summed E-state index contributed by atoms with van der Waals surface area (Å²) < 4.78 is 17.3. The van der Waals surface area contributed by atoms with E-state index in [1.165, 1.54) is 12.8 Å². The molecule has 0 saturated carbocycles. The number of amides is 1. The fourth-order valence-electron chi connectivity index (χ4n) is 2.69. The van der Waals surface area contributed by atoms with Gasteiger partial charge in [0.1, 0.15) is 6.54 Å². The molecule has 0 unspecified atom stereocenters. The Morgan fingerprint density at radius 3 is 2.80 bits per heavy atom. The second kappa shape index (κ2) is 10.6. The van der Waals surface area contributed by atoms with Gasteiger partial charge in [0, 0.05) is 18.7 Å². The average Bonchev–Trinajstić information content (AvgIpc) is 2.64. The number of nitrogens with zero attached hydrogens (tertiary/aromatic N) is 1. The lowest BCUT2D eigenvalue weighted by molar-refractivity contribution is -0.670. The van der Waals surface area contributed by atoms with Crippen molar-refractivity contribution in [3.63, 3.8) is 0 Å². The molecule has 2 N–H and O–H groups in total. The third-order valence-electron chi connectivity index (χ3n) is 4.13. The quantitative estimate of drug-likeness (QED) is 0.621. The number of hydrogen-bond donors (Lipinski definition) is 1. The molecule has 0 aromatic heterocycles. The summed E-state index contributed by atoms with van der Waals surface area (Å²) in [7, 11) is 1.61. The van der Waals surface area contributed by atoms with E-state index in [0.717, 1.165) is 23.1 Å². The Hall–Kier alpha value is -1.31. The van der Waals surface area contributed by atoms with Gasteiger partial charge in [-0.15, -0.1) is 0 Å². The number of benzene rings is 1. The van der Waals surface area contributed by atoms with Gasteiger partial charge in [0.2, 0.25) is 0 Å². The van der Waals surface area contributed by atoms with E-state index in [1.54, 1.807) is 12.0 Å². The van der Waals surface area contributed by atoms with Gasteiger partial charge in [-0.2, -0.15) is 0 Å². The number of methoxy groups -OCH3 is 1. The standard InChI is InChI=1S/C18H27BrN2O4/c1-3-4-5-20-12-14-10-15(19)18(16(11-14)23-2)25-13-17(22)21-6-8-24-9-7-21/h10-11,20H,3-9,12-13H2,1-2H3/p+1. The number of rotatable bonds is 9. The molecule has 1 aliphatic heterocycles. The fourth-order valence-corrected chi connectivity index (χ4v) is 3.29. The van der Waals surface area contributed by atoms with Crippen LogP contribution in [0.15, 0.2) is 16.6 Å². The zero-order valence-corrected chi connectivity index (χ0v) is 16.6. The SMILES string of the molecule is CCCC[NH2+]Cc1cc(Br)c(OCC(=O)N2CCOCC2)c(OC)c1. The highest BCUT2D eigenvalue weighted by Gasteiger charge is 2.19. The molecule has 1 heterocycles. The zero-order chi connectivity index (χ0) is 18.1. The Bertz CT molecular complexity index is 562. The van der Waals surface area contributed by atoms with Crippen molar-refractivity contribution in [2.75, 3.05) is 46.6 Å². The first kappa shape index (κ1) is 20.0. The molecular formula is C18H28BrN2O4+. The monoisotopic (exact) mass is 415 g/mol. The normalized spacial score (nSPS) is 14.4. The smallest absolute Gasteiger partial charge is 0.260 e. The minimum atomic E-state index is -0.0331. The molecule has 7 heteroatoms. The Morgan fingerprint density at radius 2 is 2.12 bits per heavy atom. The van der Waals surface area contributed by atoms with Crippen molar-refractivity contribution < 1.29 is 24.3 Å². The van der Waals surface area contributed by atoms with Gasteiger partial charge in [-0.1, -0.05) is 13.3 Å². The number of morpholine rings is 1. The number of quaternary nitrogens is 1. The summed E-state index contributed by atoms with van der Waals surface area (Å²) in [6.07, 6.45) is 2.41. The molecule has 0 atom stereocenters. The zero-order valence-electron chi connectivity index (χ0n) is 15.1. The van der Waals surface area contributed by atoms with Crippen LogP contribution in [0.3, 0.4) is 0 Å². The van der Waals surface area contributed by atoms with Gasteiger partial charge in [0.25, 0.3) is 5.91 Å². The first-order valence-corrected chi connectivity index (χ1v) is 9.61. The van der Waals surface area contributed by atoms with Crippen molar-refractivity contribution in [1.29, 1.82) is 0 Å². The van der Waals surface area contributed by atoms with Gasteiger partial charge >= 0.3 is 0 Å². The van der Waals surface area contributed by atoms with Crippen molar-refractivity contribution in [3.8, 4) is 11.5 Å². The maximum absolute atomic E-state index is 12.2. The number of nitrogens with two attached hydrogens (primary N) is 1. The molecule has 140 valence electrons. The minimum Gasteiger partial charge on any atom is -0.493 e. The van der Waals surface area contributed by atoms with E-state index in [4.69, 9.17) is 14.2 Å². The van der Waals surface area contributed by atoms with Crippen LogP contribution in [0.1, 0.15) is 25.3 Å². The molecule has 1 aromatic rings. The van der Waals surface area contributed by atoms with E-state index >= 15 is 0 Å². The van der Waals surface area contributed by atoms with Gasteiger partial charge < -0.3 is 24.4 Å². The van der Waals surface area contributed by atoms with Crippen LogP contribution in [-0.4, -0.2) is 57.4 Å². The molecule has 0 spiro atoms. The molecule has 0 radical (unpaired) electrons. The molecule has 1 fully saturated rings. The van der Waals surface area contributed by atoms with Gasteiger partial charge in [0.05, 0.1) is 31.3 Å². The third-order valence-corrected chi connectivity index (χ3v) is 4.72. The van der Waals surface area contributed by atoms with Crippen LogP contribution < -0.4 is 14.8 Å². The molecule has 6 nitrogen and oxygen atoms in total. The van der Waals surface area contributed by atoms with Crippen LogP contribution in [0.4, 0.5) is 0 Å². The van der Waals surface area contributed by atoms with E-state index in [9.17, 15) is 4.79 Å². The summed E-state index contributed by atoms with van der Waals surface area (Å²) in [6.45, 7) is 6.60. The highest BCUT2D eigenvalue weighted by Crippen LogP contribution is 2.36. The summed E-state index contributed by atoms with van der Waals surface area (Å²) in [4.78, 5) is 14.0. The van der Waals surface area contributed by atoms with Crippen LogP contribution in [0.5, 0.6) is 11.5 Å². The summed E-state index contributed by atoms with van der Waals surface area (Å²) in [5.74, 6) is 1.18. The fraction of sp³-hybridized carbons (Fsp3) is 0.611. The van der Waals surface area contributed by atoms with E-state index < -0.39 is 0 Å². The number of carbonyl (C=O) groups excluding carboxylic acids is 1. The lowest BCUT2D eigenvalue weighted by Gasteiger charge is -2.27. The largest absolute Gasteiger partial charge is 0.493 e. The Kier molecular flexibility index (Phi) is 8.51. The second-order valence-electron chi connectivity index (χ2n) is 6.03. The molecular weight excluding hydrogens is 388 g/mol. The second-order valence-corrected chi connectivity index (χ2v) is 6.88. The summed E-state index contributed by atoms with van der Waals surface area (Å²) >= 11 is 3.54. The summed E-state index contributed by atoms with van der Waals surface area (Å²) in [6, 6.07) is 4.00. The summed E-state index contributed by atoms with van der Waals surface area (Å²) in [5.41, 5.74) is 1.16. The van der Waals surface area contributed by atoms with Crippen LogP contribution in [0.25, 0.3) is 0 Å². The number of unbranched alkanes of at least 4 members (excludes halogenated alkanes) is 1. The Morgan fingerprint density at radius 1 is 1.36 bits per heavy atom. The van der Waals surface area contributed by atoms with Crippen LogP contribution in [0, 0.1) is 0 Å². The Balaban J connectivity index is 1.95. The molecule has 0 bridgehead atoms. The van der Waals surface area contributed by atoms with E-state index in [0.29, 0.717) is 37.8 Å². The molecule has 2 rings (SSSR count). The van der Waals surface area contributed by atoms with Gasteiger partial charge in [0.15, 0.2) is 18.1 Å². The van der Waals surface area contributed by atoms with Crippen LogP contribution >= 0.6 is 15.9 Å². The van der Waals surface area contributed by atoms with E-state index in [2.05, 4.69) is 28.2 Å². The first-order valence-electron chi connectivity index (χ1n) is 8.82. The number of hydrogen-bond acceptors (Lipinski definition) is 4. The van der Waals surface area contributed by atoms with E-state index in [1.807, 2.05) is 12.1 Å². The molecule has 1 aromatic carbocycles. The average molecular weight is 416 g/mol. The third kappa shape index (κ3) is 6.17. The number of ether oxygens (including phenoxy) is 3. The van der Waals surface area contributed by atoms with Crippen LogP contribution in [-0.2, 0) is 16.1 Å². The highest BCUT2D eigenvalue weighted by atomic mass is 79.9. The topological polar surface area (TPSA) is 64.6 Å². The maximum Gasteiger partial charge on any atom is 0.260 e. The summed E-state index contributed by atoms with van der Waals surface area (Å²) in [5, 5.41) is 2.28. The van der Waals surface area contributed by atoms with Crippen LogP contribution in [0.2, 0.25) is 0 Å². The highest BCUT2D eigenvalue weighted by molar-refractivity contribution is 9.10. The van der Waals surface area contributed by atoms with Gasteiger partial charge in [-0.25, -0.2) is 0 Å². The molecule has 1 aliphatic rings.